The Morgan fingerprint density at radius 3 is 2.92 bits per heavy atom. The second kappa shape index (κ2) is 4.44. The molecule has 2 nitrogen and oxygen atoms in total. The van der Waals surface area contributed by atoms with E-state index in [1.165, 1.54) is 6.08 Å². The summed E-state index contributed by atoms with van der Waals surface area (Å²) in [5.41, 5.74) is 2.91. The summed E-state index contributed by atoms with van der Waals surface area (Å²) in [7, 11) is 0. The van der Waals surface area contributed by atoms with Gasteiger partial charge >= 0.3 is 0 Å². The maximum absolute atomic E-state index is 8.98. The van der Waals surface area contributed by atoms with Crippen molar-refractivity contribution in [1.82, 2.24) is 0 Å². The monoisotopic (exact) mass is 173 g/mol. The summed E-state index contributed by atoms with van der Waals surface area (Å²) in [4.78, 5) is 0. The fourth-order valence-electron chi connectivity index (χ4n) is 1.18. The number of rotatable bonds is 2. The zero-order chi connectivity index (χ0) is 9.68. The van der Waals surface area contributed by atoms with E-state index in [4.69, 9.17) is 10.4 Å². The Hall–Kier alpha value is -1.59. The standard InChI is InChI=1S/C11H11NO/c1-9-10(6-3-7-12)4-2-5-11(9)8-13/h2-6,13H,8H2,1H3. The van der Waals surface area contributed by atoms with Crippen LogP contribution in [0, 0.1) is 18.3 Å². The maximum Gasteiger partial charge on any atom is 0.0912 e. The van der Waals surface area contributed by atoms with Crippen molar-refractivity contribution in [2.45, 2.75) is 13.5 Å². The molecule has 0 unspecified atom stereocenters. The third-order valence-corrected chi connectivity index (χ3v) is 2.00. The smallest absolute Gasteiger partial charge is 0.0912 e. The second-order valence-electron chi connectivity index (χ2n) is 2.75. The van der Waals surface area contributed by atoms with E-state index in [-0.39, 0.29) is 6.61 Å². The van der Waals surface area contributed by atoms with E-state index in [1.54, 1.807) is 6.08 Å². The summed E-state index contributed by atoms with van der Waals surface area (Å²) in [6.07, 6.45) is 3.18. The molecule has 0 aliphatic heterocycles. The zero-order valence-electron chi connectivity index (χ0n) is 7.49. The highest BCUT2D eigenvalue weighted by atomic mass is 16.3. The van der Waals surface area contributed by atoms with Crippen LogP contribution in [0.1, 0.15) is 16.7 Å². The van der Waals surface area contributed by atoms with Gasteiger partial charge in [0.15, 0.2) is 0 Å². The highest BCUT2D eigenvalue weighted by Gasteiger charge is 1.98. The molecule has 66 valence electrons. The topological polar surface area (TPSA) is 44.0 Å². The molecule has 0 saturated heterocycles. The summed E-state index contributed by atoms with van der Waals surface area (Å²) < 4.78 is 0. The molecule has 0 saturated carbocycles. The first-order valence-corrected chi connectivity index (χ1v) is 4.05. The van der Waals surface area contributed by atoms with Crippen LogP contribution in [0.4, 0.5) is 0 Å². The molecule has 1 aromatic rings. The minimum absolute atomic E-state index is 0.0417. The molecule has 1 aromatic carbocycles. The summed E-state index contributed by atoms with van der Waals surface area (Å²) in [5.74, 6) is 0. The van der Waals surface area contributed by atoms with Gasteiger partial charge in [-0.3, -0.25) is 0 Å². The van der Waals surface area contributed by atoms with Crippen LogP contribution in [0.25, 0.3) is 6.08 Å². The molecular weight excluding hydrogens is 162 g/mol. The quantitative estimate of drug-likeness (QED) is 0.695. The molecule has 0 aliphatic carbocycles. The van der Waals surface area contributed by atoms with Gasteiger partial charge in [0, 0.05) is 6.08 Å². The van der Waals surface area contributed by atoms with Gasteiger partial charge in [-0.25, -0.2) is 0 Å². The van der Waals surface area contributed by atoms with Crippen molar-refractivity contribution in [3.8, 4) is 6.07 Å². The molecule has 0 fully saturated rings. The van der Waals surface area contributed by atoms with E-state index < -0.39 is 0 Å². The molecule has 1 rings (SSSR count). The van der Waals surface area contributed by atoms with Crippen LogP contribution in [0.2, 0.25) is 0 Å². The minimum Gasteiger partial charge on any atom is -0.392 e. The fourth-order valence-corrected chi connectivity index (χ4v) is 1.18. The number of hydrogen-bond donors (Lipinski definition) is 1. The first-order chi connectivity index (χ1) is 6.29. The largest absolute Gasteiger partial charge is 0.392 e. The molecule has 0 atom stereocenters. The van der Waals surface area contributed by atoms with Gasteiger partial charge in [-0.05, 0) is 29.7 Å². The van der Waals surface area contributed by atoms with Crippen molar-refractivity contribution in [2.24, 2.45) is 0 Å². The zero-order valence-corrected chi connectivity index (χ0v) is 7.49. The number of nitriles is 1. The summed E-state index contributed by atoms with van der Waals surface area (Å²) in [6, 6.07) is 7.60. The molecule has 0 amide bonds. The molecule has 0 aliphatic rings. The van der Waals surface area contributed by atoms with Gasteiger partial charge < -0.3 is 5.11 Å². The first kappa shape index (κ1) is 9.50. The average molecular weight is 173 g/mol. The van der Waals surface area contributed by atoms with E-state index in [1.807, 2.05) is 31.2 Å². The van der Waals surface area contributed by atoms with Crippen molar-refractivity contribution < 1.29 is 5.11 Å². The SMILES string of the molecule is Cc1c(C=CC#N)cccc1CO. The van der Waals surface area contributed by atoms with Gasteiger partial charge in [-0.15, -0.1) is 0 Å². The number of benzene rings is 1. The van der Waals surface area contributed by atoms with Gasteiger partial charge in [0.1, 0.15) is 0 Å². The van der Waals surface area contributed by atoms with Crippen LogP contribution in [-0.2, 0) is 6.61 Å². The molecule has 2 heteroatoms. The van der Waals surface area contributed by atoms with E-state index in [9.17, 15) is 0 Å². The third-order valence-electron chi connectivity index (χ3n) is 2.00. The third kappa shape index (κ3) is 2.17. The van der Waals surface area contributed by atoms with Crippen molar-refractivity contribution >= 4 is 6.08 Å². The summed E-state index contributed by atoms with van der Waals surface area (Å²) in [5, 5.41) is 17.3. The lowest BCUT2D eigenvalue weighted by Crippen LogP contribution is -1.90. The van der Waals surface area contributed by atoms with Crippen LogP contribution in [0.15, 0.2) is 24.3 Å². The van der Waals surface area contributed by atoms with Crippen molar-refractivity contribution in [1.29, 1.82) is 5.26 Å². The average Bonchev–Trinajstić information content (AvgIpc) is 2.16. The Balaban J connectivity index is 3.10. The van der Waals surface area contributed by atoms with Crippen molar-refractivity contribution in [3.05, 3.63) is 41.0 Å². The Labute approximate surface area is 77.8 Å². The van der Waals surface area contributed by atoms with Crippen molar-refractivity contribution in [3.63, 3.8) is 0 Å². The van der Waals surface area contributed by atoms with Gasteiger partial charge in [0.2, 0.25) is 0 Å². The molecule has 0 spiro atoms. The Bertz CT molecular complexity index is 361. The predicted octanol–water partition coefficient (Wildman–Crippen LogP) is 2.02. The summed E-state index contributed by atoms with van der Waals surface area (Å²) >= 11 is 0. The molecule has 0 radical (unpaired) electrons. The lowest BCUT2D eigenvalue weighted by atomic mass is 10.0. The predicted molar refractivity (Wildman–Crippen MR) is 51.7 cm³/mol. The molecule has 0 bridgehead atoms. The second-order valence-corrected chi connectivity index (χ2v) is 2.75. The van der Waals surface area contributed by atoms with Crippen LogP contribution in [0.5, 0.6) is 0 Å². The van der Waals surface area contributed by atoms with Crippen LogP contribution in [0.3, 0.4) is 0 Å². The minimum atomic E-state index is 0.0417. The summed E-state index contributed by atoms with van der Waals surface area (Å²) in [6.45, 7) is 1.97. The van der Waals surface area contributed by atoms with E-state index >= 15 is 0 Å². The van der Waals surface area contributed by atoms with Crippen LogP contribution >= 0.6 is 0 Å². The number of hydrogen-bond acceptors (Lipinski definition) is 2. The Morgan fingerprint density at radius 1 is 1.54 bits per heavy atom. The molecular formula is C11H11NO. The highest BCUT2D eigenvalue weighted by Crippen LogP contribution is 2.14. The fraction of sp³-hybridized carbons (Fsp3) is 0.182. The Morgan fingerprint density at radius 2 is 2.31 bits per heavy atom. The Kier molecular flexibility index (Phi) is 3.24. The maximum atomic E-state index is 8.98. The highest BCUT2D eigenvalue weighted by molar-refractivity contribution is 5.57. The molecule has 13 heavy (non-hydrogen) atoms. The molecule has 0 heterocycles. The number of nitrogens with zero attached hydrogens (tertiary/aromatic N) is 1. The van der Waals surface area contributed by atoms with Gasteiger partial charge in [-0.1, -0.05) is 18.2 Å². The molecule has 0 aromatic heterocycles. The first-order valence-electron chi connectivity index (χ1n) is 4.05. The van der Waals surface area contributed by atoms with Gasteiger partial charge in [-0.2, -0.15) is 5.26 Å². The van der Waals surface area contributed by atoms with Crippen LogP contribution in [-0.4, -0.2) is 5.11 Å². The normalized spacial score (nSPS) is 10.2. The van der Waals surface area contributed by atoms with Gasteiger partial charge in [0.25, 0.3) is 0 Å². The van der Waals surface area contributed by atoms with E-state index in [2.05, 4.69) is 0 Å². The lowest BCUT2D eigenvalue weighted by molar-refractivity contribution is 0.281. The number of aliphatic hydroxyl groups is 1. The van der Waals surface area contributed by atoms with Gasteiger partial charge in [0.05, 0.1) is 12.7 Å². The lowest BCUT2D eigenvalue weighted by Gasteiger charge is -2.04. The van der Waals surface area contributed by atoms with E-state index in [0.717, 1.165) is 16.7 Å². The number of aliphatic hydroxyl groups excluding tert-OH is 1. The van der Waals surface area contributed by atoms with Crippen LogP contribution < -0.4 is 0 Å². The molecule has 1 N–H and O–H groups in total. The number of allylic oxidation sites excluding steroid dienone is 1. The van der Waals surface area contributed by atoms with Crippen molar-refractivity contribution in [2.75, 3.05) is 0 Å². The van der Waals surface area contributed by atoms with E-state index in [0.29, 0.717) is 0 Å².